The smallest absolute Gasteiger partial charge is 0.255 e. The largest absolute Gasteiger partial charge is 0.369 e. The second-order valence-corrected chi connectivity index (χ2v) is 6.80. The Kier molecular flexibility index (Phi) is 4.26. The first-order chi connectivity index (χ1) is 11.4. The van der Waals surface area contributed by atoms with Crippen LogP contribution in [0, 0.1) is 19.8 Å². The van der Waals surface area contributed by atoms with Crippen LogP contribution in [-0.4, -0.2) is 34.3 Å². The third-order valence-corrected chi connectivity index (χ3v) is 4.94. The standard InChI is InChI=1S/C19H23N3O2/c1-11-4-6-14-9-16(13(3)21-17(14)8-11)19(24)22-10-15(18(20)23)7-5-12(22)2/h4,6,8-9,12,15H,5,7,10H2,1-3H3,(H2,20,23). The minimum Gasteiger partial charge on any atom is -0.369 e. The average molecular weight is 325 g/mol. The van der Waals surface area contributed by atoms with Crippen molar-refractivity contribution in [3.63, 3.8) is 0 Å². The average Bonchev–Trinajstić information content (AvgIpc) is 2.53. The lowest BCUT2D eigenvalue weighted by Crippen LogP contribution is -2.48. The topological polar surface area (TPSA) is 76.3 Å². The van der Waals surface area contributed by atoms with Gasteiger partial charge in [0.15, 0.2) is 0 Å². The summed E-state index contributed by atoms with van der Waals surface area (Å²) in [5, 5.41) is 0.950. The number of pyridine rings is 1. The van der Waals surface area contributed by atoms with Crippen LogP contribution in [0.3, 0.4) is 0 Å². The number of primary amides is 1. The first-order valence-electron chi connectivity index (χ1n) is 8.35. The molecule has 24 heavy (non-hydrogen) atoms. The number of rotatable bonds is 2. The molecule has 0 radical (unpaired) electrons. The molecule has 5 nitrogen and oxygen atoms in total. The van der Waals surface area contributed by atoms with E-state index in [9.17, 15) is 9.59 Å². The Morgan fingerprint density at radius 2 is 1.96 bits per heavy atom. The van der Waals surface area contributed by atoms with E-state index in [0.717, 1.165) is 29.3 Å². The van der Waals surface area contributed by atoms with E-state index in [1.54, 1.807) is 4.90 Å². The van der Waals surface area contributed by atoms with Gasteiger partial charge in [0.1, 0.15) is 0 Å². The number of nitrogens with zero attached hydrogens (tertiary/aromatic N) is 2. The maximum atomic E-state index is 13.0. The lowest BCUT2D eigenvalue weighted by Gasteiger charge is -2.37. The van der Waals surface area contributed by atoms with Crippen molar-refractivity contribution in [2.75, 3.05) is 6.54 Å². The van der Waals surface area contributed by atoms with Crippen molar-refractivity contribution < 1.29 is 9.59 Å². The van der Waals surface area contributed by atoms with Gasteiger partial charge in [-0.25, -0.2) is 0 Å². The van der Waals surface area contributed by atoms with E-state index in [-0.39, 0.29) is 23.8 Å². The zero-order valence-corrected chi connectivity index (χ0v) is 14.4. The number of carbonyl (C=O) groups is 2. The van der Waals surface area contributed by atoms with Crippen molar-refractivity contribution in [1.29, 1.82) is 0 Å². The lowest BCUT2D eigenvalue weighted by molar-refractivity contribution is -0.123. The molecule has 0 bridgehead atoms. The maximum absolute atomic E-state index is 13.0. The van der Waals surface area contributed by atoms with Gasteiger partial charge in [0.25, 0.3) is 5.91 Å². The molecule has 126 valence electrons. The summed E-state index contributed by atoms with van der Waals surface area (Å²) in [5.41, 5.74) is 8.79. The van der Waals surface area contributed by atoms with Gasteiger partial charge in [-0.15, -0.1) is 0 Å². The van der Waals surface area contributed by atoms with Crippen molar-refractivity contribution in [3.05, 3.63) is 41.1 Å². The van der Waals surface area contributed by atoms with E-state index in [2.05, 4.69) is 4.98 Å². The van der Waals surface area contributed by atoms with E-state index in [4.69, 9.17) is 5.73 Å². The fraction of sp³-hybridized carbons (Fsp3) is 0.421. The number of piperidine rings is 1. The maximum Gasteiger partial charge on any atom is 0.255 e. The van der Waals surface area contributed by atoms with Crippen LogP contribution in [0.4, 0.5) is 0 Å². The van der Waals surface area contributed by atoms with Crippen molar-refractivity contribution in [2.45, 2.75) is 39.7 Å². The molecule has 2 amide bonds. The number of likely N-dealkylation sites (tertiary alicyclic amines) is 1. The Hall–Kier alpha value is -2.43. The summed E-state index contributed by atoms with van der Waals surface area (Å²) >= 11 is 0. The minimum absolute atomic E-state index is 0.0686. The highest BCUT2D eigenvalue weighted by molar-refractivity contribution is 5.99. The molecule has 1 fully saturated rings. The summed E-state index contributed by atoms with van der Waals surface area (Å²) in [5.74, 6) is -0.661. The van der Waals surface area contributed by atoms with E-state index in [1.807, 2.05) is 45.0 Å². The zero-order valence-electron chi connectivity index (χ0n) is 14.4. The molecule has 2 atom stereocenters. The van der Waals surface area contributed by atoms with Crippen LogP contribution < -0.4 is 5.73 Å². The molecule has 3 rings (SSSR count). The molecule has 1 aromatic heterocycles. The molecule has 0 saturated carbocycles. The van der Waals surface area contributed by atoms with Gasteiger partial charge in [-0.3, -0.25) is 14.6 Å². The van der Waals surface area contributed by atoms with Crippen molar-refractivity contribution in [2.24, 2.45) is 11.7 Å². The number of aryl methyl sites for hydroxylation is 2. The quantitative estimate of drug-likeness (QED) is 0.922. The number of nitrogens with two attached hydrogens (primary N) is 1. The second-order valence-electron chi connectivity index (χ2n) is 6.80. The van der Waals surface area contributed by atoms with Crippen LogP contribution in [0.15, 0.2) is 24.3 Å². The van der Waals surface area contributed by atoms with Crippen LogP contribution in [-0.2, 0) is 4.79 Å². The first kappa shape index (κ1) is 16.4. The van der Waals surface area contributed by atoms with Crippen LogP contribution in [0.5, 0.6) is 0 Å². The number of hydrogen-bond acceptors (Lipinski definition) is 3. The first-order valence-corrected chi connectivity index (χ1v) is 8.35. The Bertz CT molecular complexity index is 816. The predicted octanol–water partition coefficient (Wildman–Crippen LogP) is 2.58. The number of fused-ring (bicyclic) bond motifs is 1. The highest BCUT2D eigenvalue weighted by atomic mass is 16.2. The summed E-state index contributed by atoms with van der Waals surface area (Å²) < 4.78 is 0. The molecule has 1 aliphatic heterocycles. The number of benzene rings is 1. The Morgan fingerprint density at radius 3 is 2.67 bits per heavy atom. The van der Waals surface area contributed by atoms with Crippen molar-refractivity contribution >= 4 is 22.7 Å². The van der Waals surface area contributed by atoms with Crippen LogP contribution in [0.25, 0.3) is 10.9 Å². The van der Waals surface area contributed by atoms with Gasteiger partial charge in [0.05, 0.1) is 22.7 Å². The Balaban J connectivity index is 1.96. The molecule has 2 heterocycles. The molecule has 0 spiro atoms. The van der Waals surface area contributed by atoms with Gasteiger partial charge < -0.3 is 10.6 Å². The molecular weight excluding hydrogens is 302 g/mol. The normalized spacial score (nSPS) is 21.0. The number of hydrogen-bond donors (Lipinski definition) is 1. The molecular formula is C19H23N3O2. The predicted molar refractivity (Wildman–Crippen MR) is 93.6 cm³/mol. The van der Waals surface area contributed by atoms with Gasteiger partial charge >= 0.3 is 0 Å². The minimum atomic E-state index is -0.330. The van der Waals surface area contributed by atoms with Gasteiger partial charge in [-0.2, -0.15) is 0 Å². The van der Waals surface area contributed by atoms with Crippen LogP contribution in [0.1, 0.15) is 41.4 Å². The molecule has 2 unspecified atom stereocenters. The number of aromatic nitrogens is 1. The molecule has 0 aliphatic carbocycles. The van der Waals surface area contributed by atoms with E-state index in [1.165, 1.54) is 0 Å². The molecule has 1 aliphatic rings. The molecule has 2 N–H and O–H groups in total. The fourth-order valence-electron chi connectivity index (χ4n) is 3.37. The summed E-state index contributed by atoms with van der Waals surface area (Å²) in [4.78, 5) is 30.9. The van der Waals surface area contributed by atoms with Crippen molar-refractivity contribution in [3.8, 4) is 0 Å². The second kappa shape index (κ2) is 6.23. The highest BCUT2D eigenvalue weighted by Crippen LogP contribution is 2.25. The SMILES string of the molecule is Cc1ccc2cc(C(=O)N3CC(C(N)=O)CCC3C)c(C)nc2c1. The van der Waals surface area contributed by atoms with E-state index in [0.29, 0.717) is 17.8 Å². The molecule has 1 aromatic carbocycles. The Morgan fingerprint density at radius 1 is 1.21 bits per heavy atom. The van der Waals surface area contributed by atoms with Gasteiger partial charge in [-0.1, -0.05) is 12.1 Å². The van der Waals surface area contributed by atoms with Gasteiger partial charge in [-0.05, 0) is 51.3 Å². The third-order valence-electron chi connectivity index (χ3n) is 4.94. The molecule has 5 heteroatoms. The van der Waals surface area contributed by atoms with Crippen LogP contribution >= 0.6 is 0 Å². The number of amides is 2. The summed E-state index contributed by atoms with van der Waals surface area (Å²) in [7, 11) is 0. The molecule has 1 saturated heterocycles. The third kappa shape index (κ3) is 2.98. The van der Waals surface area contributed by atoms with Gasteiger partial charge in [0.2, 0.25) is 5.91 Å². The summed E-state index contributed by atoms with van der Waals surface area (Å²) in [6.07, 6.45) is 1.53. The van der Waals surface area contributed by atoms with E-state index >= 15 is 0 Å². The summed E-state index contributed by atoms with van der Waals surface area (Å²) in [6.45, 7) is 6.28. The monoisotopic (exact) mass is 325 g/mol. The van der Waals surface area contributed by atoms with Crippen LogP contribution in [0.2, 0.25) is 0 Å². The lowest BCUT2D eigenvalue weighted by atomic mass is 9.92. The summed E-state index contributed by atoms with van der Waals surface area (Å²) in [6, 6.07) is 8.02. The Labute approximate surface area is 141 Å². The van der Waals surface area contributed by atoms with Crippen molar-refractivity contribution in [1.82, 2.24) is 9.88 Å². The zero-order chi connectivity index (χ0) is 17.4. The highest BCUT2D eigenvalue weighted by Gasteiger charge is 2.32. The molecule has 2 aromatic rings. The fourth-order valence-corrected chi connectivity index (χ4v) is 3.37. The number of carbonyl (C=O) groups excluding carboxylic acids is 2. The van der Waals surface area contributed by atoms with E-state index < -0.39 is 0 Å². The van der Waals surface area contributed by atoms with Gasteiger partial charge in [0, 0.05) is 18.0 Å².